The van der Waals surface area contributed by atoms with E-state index < -0.39 is 0 Å². The van der Waals surface area contributed by atoms with Crippen LogP contribution in [0.1, 0.15) is 5.69 Å². The molecular formula is C12H8BrN3O. The number of nitrogen functional groups attached to an aromatic ring is 1. The number of aromatic nitrogens is 1. The Morgan fingerprint density at radius 2 is 2.18 bits per heavy atom. The highest BCUT2D eigenvalue weighted by atomic mass is 79.9. The standard InChI is InChI=1S/C12H8BrN3O/c13-8-4-9(15)6-10(5-8)17-12-2-1-3-16-11(12)7-14/h1-6H,15H2. The van der Waals surface area contributed by atoms with Crippen LogP contribution in [0.3, 0.4) is 0 Å². The van der Waals surface area contributed by atoms with Crippen molar-refractivity contribution in [2.45, 2.75) is 0 Å². The van der Waals surface area contributed by atoms with Crippen molar-refractivity contribution >= 4 is 21.6 Å². The van der Waals surface area contributed by atoms with Gasteiger partial charge in [-0.2, -0.15) is 5.26 Å². The zero-order valence-electron chi connectivity index (χ0n) is 8.72. The molecule has 1 heterocycles. The molecule has 0 spiro atoms. The number of pyridine rings is 1. The van der Waals surface area contributed by atoms with E-state index in [1.807, 2.05) is 6.07 Å². The van der Waals surface area contributed by atoms with Crippen LogP contribution in [0.15, 0.2) is 41.0 Å². The largest absolute Gasteiger partial charge is 0.454 e. The minimum Gasteiger partial charge on any atom is -0.454 e. The predicted molar refractivity (Wildman–Crippen MR) is 67.6 cm³/mol. The number of rotatable bonds is 2. The first-order chi connectivity index (χ1) is 8.19. The highest BCUT2D eigenvalue weighted by molar-refractivity contribution is 9.10. The highest BCUT2D eigenvalue weighted by Gasteiger charge is 2.05. The Morgan fingerprint density at radius 1 is 1.35 bits per heavy atom. The second-order valence-corrected chi connectivity index (χ2v) is 4.20. The lowest BCUT2D eigenvalue weighted by Crippen LogP contribution is -1.92. The van der Waals surface area contributed by atoms with Crippen LogP contribution in [0.2, 0.25) is 0 Å². The topological polar surface area (TPSA) is 71.9 Å². The molecule has 4 nitrogen and oxygen atoms in total. The summed E-state index contributed by atoms with van der Waals surface area (Å²) in [5.74, 6) is 0.967. The third-order valence-electron chi connectivity index (χ3n) is 2.00. The summed E-state index contributed by atoms with van der Waals surface area (Å²) in [5.41, 5.74) is 6.52. The van der Waals surface area contributed by atoms with Crippen LogP contribution in [0.5, 0.6) is 11.5 Å². The van der Waals surface area contributed by atoms with Gasteiger partial charge in [-0.05, 0) is 24.3 Å². The fourth-order valence-corrected chi connectivity index (χ4v) is 1.82. The summed E-state index contributed by atoms with van der Waals surface area (Å²) in [6, 6.07) is 10.6. The molecular weight excluding hydrogens is 282 g/mol. The van der Waals surface area contributed by atoms with E-state index in [1.54, 1.807) is 36.5 Å². The second-order valence-electron chi connectivity index (χ2n) is 3.28. The minimum atomic E-state index is 0.242. The summed E-state index contributed by atoms with van der Waals surface area (Å²) in [4.78, 5) is 3.91. The summed E-state index contributed by atoms with van der Waals surface area (Å²) >= 11 is 3.32. The molecule has 1 aromatic heterocycles. The molecule has 0 amide bonds. The SMILES string of the molecule is N#Cc1ncccc1Oc1cc(N)cc(Br)c1. The van der Waals surface area contributed by atoms with Crippen LogP contribution in [0, 0.1) is 11.3 Å². The Balaban J connectivity index is 2.35. The fraction of sp³-hybridized carbons (Fsp3) is 0. The smallest absolute Gasteiger partial charge is 0.183 e. The van der Waals surface area contributed by atoms with Crippen molar-refractivity contribution in [3.63, 3.8) is 0 Å². The Hall–Kier alpha value is -2.06. The van der Waals surface area contributed by atoms with Crippen LogP contribution >= 0.6 is 15.9 Å². The van der Waals surface area contributed by atoms with E-state index in [2.05, 4.69) is 20.9 Å². The average Bonchev–Trinajstić information content (AvgIpc) is 2.28. The lowest BCUT2D eigenvalue weighted by Gasteiger charge is -2.07. The number of nitrogens with zero attached hydrogens (tertiary/aromatic N) is 2. The van der Waals surface area contributed by atoms with E-state index >= 15 is 0 Å². The Kier molecular flexibility index (Phi) is 3.26. The van der Waals surface area contributed by atoms with Gasteiger partial charge in [-0.25, -0.2) is 4.98 Å². The zero-order valence-corrected chi connectivity index (χ0v) is 10.3. The van der Waals surface area contributed by atoms with E-state index in [1.165, 1.54) is 0 Å². The van der Waals surface area contributed by atoms with Crippen LogP contribution in [0.4, 0.5) is 5.69 Å². The van der Waals surface area contributed by atoms with Gasteiger partial charge in [0.2, 0.25) is 0 Å². The summed E-state index contributed by atoms with van der Waals surface area (Å²) in [7, 11) is 0. The van der Waals surface area contributed by atoms with Crippen molar-refractivity contribution < 1.29 is 4.74 Å². The number of anilines is 1. The van der Waals surface area contributed by atoms with Gasteiger partial charge in [0.1, 0.15) is 11.8 Å². The Bertz CT molecular complexity index is 572. The van der Waals surface area contributed by atoms with E-state index in [4.69, 9.17) is 15.7 Å². The molecule has 0 radical (unpaired) electrons. The predicted octanol–water partition coefficient (Wildman–Crippen LogP) is 3.09. The molecule has 0 saturated carbocycles. The van der Waals surface area contributed by atoms with Crippen LogP contribution in [-0.2, 0) is 0 Å². The maximum Gasteiger partial charge on any atom is 0.183 e. The van der Waals surface area contributed by atoms with Gasteiger partial charge >= 0.3 is 0 Å². The van der Waals surface area contributed by atoms with Gasteiger partial charge in [-0.1, -0.05) is 15.9 Å². The lowest BCUT2D eigenvalue weighted by atomic mass is 10.3. The number of benzene rings is 1. The van der Waals surface area contributed by atoms with Crippen molar-refractivity contribution in [3.05, 3.63) is 46.7 Å². The van der Waals surface area contributed by atoms with Gasteiger partial charge in [0, 0.05) is 22.4 Å². The molecule has 0 bridgehead atoms. The summed E-state index contributed by atoms with van der Waals surface area (Å²) in [5, 5.41) is 8.88. The second kappa shape index (κ2) is 4.85. The Labute approximate surface area is 107 Å². The molecule has 17 heavy (non-hydrogen) atoms. The van der Waals surface area contributed by atoms with E-state index in [0.717, 1.165) is 4.47 Å². The first kappa shape index (κ1) is 11.4. The van der Waals surface area contributed by atoms with Crippen LogP contribution < -0.4 is 10.5 Å². The third kappa shape index (κ3) is 2.74. The molecule has 1 aromatic carbocycles. The monoisotopic (exact) mass is 289 g/mol. The van der Waals surface area contributed by atoms with E-state index in [0.29, 0.717) is 17.2 Å². The minimum absolute atomic E-state index is 0.242. The Morgan fingerprint density at radius 3 is 2.88 bits per heavy atom. The molecule has 2 N–H and O–H groups in total. The number of nitriles is 1. The van der Waals surface area contributed by atoms with Crippen molar-refractivity contribution in [3.8, 4) is 17.6 Å². The van der Waals surface area contributed by atoms with Crippen molar-refractivity contribution in [2.24, 2.45) is 0 Å². The fourth-order valence-electron chi connectivity index (χ4n) is 1.33. The summed E-state index contributed by atoms with van der Waals surface area (Å²) < 4.78 is 6.38. The summed E-state index contributed by atoms with van der Waals surface area (Å²) in [6.45, 7) is 0. The quantitative estimate of drug-likeness (QED) is 0.863. The molecule has 0 saturated heterocycles. The normalized spacial score (nSPS) is 9.65. The average molecular weight is 290 g/mol. The lowest BCUT2D eigenvalue weighted by molar-refractivity contribution is 0.478. The van der Waals surface area contributed by atoms with Crippen LogP contribution in [0.25, 0.3) is 0 Å². The van der Waals surface area contributed by atoms with E-state index in [-0.39, 0.29) is 5.69 Å². The van der Waals surface area contributed by atoms with Gasteiger partial charge in [0.05, 0.1) is 0 Å². The molecule has 84 valence electrons. The molecule has 0 aliphatic carbocycles. The zero-order chi connectivity index (χ0) is 12.3. The van der Waals surface area contributed by atoms with Gasteiger partial charge in [0.25, 0.3) is 0 Å². The molecule has 0 unspecified atom stereocenters. The molecule has 5 heteroatoms. The highest BCUT2D eigenvalue weighted by Crippen LogP contribution is 2.28. The summed E-state index contributed by atoms with van der Waals surface area (Å²) in [6.07, 6.45) is 1.54. The van der Waals surface area contributed by atoms with Crippen LogP contribution in [-0.4, -0.2) is 4.98 Å². The van der Waals surface area contributed by atoms with Gasteiger partial charge in [-0.3, -0.25) is 0 Å². The number of halogens is 1. The van der Waals surface area contributed by atoms with Crippen molar-refractivity contribution in [1.29, 1.82) is 5.26 Å². The first-order valence-corrected chi connectivity index (χ1v) is 5.57. The number of ether oxygens (including phenoxy) is 1. The molecule has 0 aliphatic heterocycles. The maximum atomic E-state index is 8.88. The maximum absolute atomic E-state index is 8.88. The number of hydrogen-bond acceptors (Lipinski definition) is 4. The van der Waals surface area contributed by atoms with Crippen molar-refractivity contribution in [2.75, 3.05) is 5.73 Å². The third-order valence-corrected chi connectivity index (χ3v) is 2.46. The van der Waals surface area contributed by atoms with Gasteiger partial charge in [0.15, 0.2) is 11.4 Å². The van der Waals surface area contributed by atoms with Gasteiger partial charge in [-0.15, -0.1) is 0 Å². The molecule has 0 aliphatic rings. The number of hydrogen-bond donors (Lipinski definition) is 1. The molecule has 0 fully saturated rings. The molecule has 2 aromatic rings. The van der Waals surface area contributed by atoms with Crippen molar-refractivity contribution in [1.82, 2.24) is 4.98 Å². The molecule has 2 rings (SSSR count). The van der Waals surface area contributed by atoms with Gasteiger partial charge < -0.3 is 10.5 Å². The van der Waals surface area contributed by atoms with E-state index in [9.17, 15) is 0 Å². The number of nitrogens with two attached hydrogens (primary N) is 1. The molecule has 0 atom stereocenters. The first-order valence-electron chi connectivity index (χ1n) is 4.78.